The smallest absolute Gasteiger partial charge is 0.142 e. The molecule has 0 saturated carbocycles. The van der Waals surface area contributed by atoms with Gasteiger partial charge >= 0.3 is 0 Å². The van der Waals surface area contributed by atoms with Gasteiger partial charge < -0.3 is 4.57 Å². The van der Waals surface area contributed by atoms with Crippen molar-refractivity contribution in [3.05, 3.63) is 65.2 Å². The molecule has 0 N–H and O–H groups in total. The van der Waals surface area contributed by atoms with Crippen molar-refractivity contribution in [2.24, 2.45) is 0 Å². The molecule has 3 heterocycles. The molecule has 4 nitrogen and oxygen atoms in total. The molecule has 2 aromatic heterocycles. The third-order valence-electron chi connectivity index (χ3n) is 4.84. The summed E-state index contributed by atoms with van der Waals surface area (Å²) in [4.78, 5) is 13.3. The first-order chi connectivity index (χ1) is 13.1. The summed E-state index contributed by atoms with van der Waals surface area (Å²) >= 11 is 5.71. The van der Waals surface area contributed by atoms with Gasteiger partial charge in [0, 0.05) is 36.5 Å². The molecule has 2 aromatic carbocycles. The van der Waals surface area contributed by atoms with E-state index in [0.29, 0.717) is 5.69 Å². The predicted molar refractivity (Wildman–Crippen MR) is 99.4 cm³/mol. The Labute approximate surface area is 158 Å². The summed E-state index contributed by atoms with van der Waals surface area (Å²) in [7, 11) is 0. The molecular weight excluding hydrogens is 370 g/mol. The molecule has 0 bridgehead atoms. The van der Waals surface area contributed by atoms with E-state index in [0.717, 1.165) is 59.6 Å². The normalized spacial score (nSPS) is 13.3. The topological polar surface area (TPSA) is 43.6 Å². The monoisotopic (exact) mass is 382 g/mol. The molecular formula is C20H13ClF2N4. The molecule has 134 valence electrons. The fraction of sp³-hybridized carbons (Fsp3) is 0.150. The highest BCUT2D eigenvalue weighted by Crippen LogP contribution is 2.38. The van der Waals surface area contributed by atoms with Gasteiger partial charge in [-0.1, -0.05) is 17.7 Å². The molecule has 1 aliphatic rings. The van der Waals surface area contributed by atoms with Crippen LogP contribution in [0.25, 0.3) is 33.5 Å². The van der Waals surface area contributed by atoms with E-state index in [2.05, 4.69) is 19.5 Å². The molecule has 4 aromatic rings. The highest BCUT2D eigenvalue weighted by Gasteiger charge is 2.25. The summed E-state index contributed by atoms with van der Waals surface area (Å²) in [5.41, 5.74) is 3.63. The van der Waals surface area contributed by atoms with Crippen molar-refractivity contribution in [2.75, 3.05) is 0 Å². The summed E-state index contributed by atoms with van der Waals surface area (Å²) in [6.45, 7) is 0.786. The SMILES string of the molecule is Fc1cc(-c2nc3n(c2-c2ccc4nccnc4c2)CCC3)c(F)cc1Cl. The first-order valence-corrected chi connectivity index (χ1v) is 8.95. The van der Waals surface area contributed by atoms with Crippen molar-refractivity contribution < 1.29 is 8.78 Å². The van der Waals surface area contributed by atoms with Gasteiger partial charge in [-0.25, -0.2) is 13.8 Å². The lowest BCUT2D eigenvalue weighted by atomic mass is 10.0. The number of aryl methyl sites for hydroxylation is 1. The average Bonchev–Trinajstić information content (AvgIpc) is 3.25. The van der Waals surface area contributed by atoms with Crippen molar-refractivity contribution in [1.82, 2.24) is 19.5 Å². The third kappa shape index (κ3) is 2.59. The van der Waals surface area contributed by atoms with Crippen LogP contribution in [0.1, 0.15) is 12.2 Å². The lowest BCUT2D eigenvalue weighted by Gasteiger charge is -2.10. The number of halogens is 3. The summed E-state index contributed by atoms with van der Waals surface area (Å²) in [5.74, 6) is -0.398. The second-order valence-electron chi connectivity index (χ2n) is 6.49. The van der Waals surface area contributed by atoms with Crippen LogP contribution in [0.4, 0.5) is 8.78 Å². The molecule has 0 spiro atoms. The molecule has 0 radical (unpaired) electrons. The minimum Gasteiger partial charge on any atom is -0.327 e. The van der Waals surface area contributed by atoms with Gasteiger partial charge in [0.05, 0.1) is 27.4 Å². The maximum Gasteiger partial charge on any atom is 0.142 e. The number of benzene rings is 2. The standard InChI is InChI=1S/C20H13ClF2N4/c21-13-10-14(22)12(9-15(13)23)19-20(27-7-1-2-18(27)26-19)11-3-4-16-17(8-11)25-6-5-24-16/h3-6,8-10H,1-2,7H2. The van der Waals surface area contributed by atoms with Crippen molar-refractivity contribution in [2.45, 2.75) is 19.4 Å². The Morgan fingerprint density at radius 2 is 1.78 bits per heavy atom. The minimum atomic E-state index is -0.670. The zero-order chi connectivity index (χ0) is 18.5. The Hall–Kier alpha value is -2.86. The van der Waals surface area contributed by atoms with E-state index in [-0.39, 0.29) is 10.6 Å². The van der Waals surface area contributed by atoms with Crippen LogP contribution >= 0.6 is 11.6 Å². The van der Waals surface area contributed by atoms with Gasteiger partial charge in [0.2, 0.25) is 0 Å². The Balaban J connectivity index is 1.78. The molecule has 0 amide bonds. The zero-order valence-corrected chi connectivity index (χ0v) is 14.8. The number of nitrogens with zero attached hydrogens (tertiary/aromatic N) is 4. The third-order valence-corrected chi connectivity index (χ3v) is 5.13. The molecule has 0 fully saturated rings. The van der Waals surface area contributed by atoms with Crippen LogP contribution in [0.15, 0.2) is 42.7 Å². The highest BCUT2D eigenvalue weighted by atomic mass is 35.5. The Bertz CT molecular complexity index is 1200. The minimum absolute atomic E-state index is 0.105. The predicted octanol–water partition coefficient (Wildman–Crippen LogP) is 5.04. The molecule has 0 atom stereocenters. The van der Waals surface area contributed by atoms with Gasteiger partial charge in [0.15, 0.2) is 0 Å². The van der Waals surface area contributed by atoms with E-state index in [4.69, 9.17) is 11.6 Å². The van der Waals surface area contributed by atoms with Crippen LogP contribution in [0.5, 0.6) is 0 Å². The van der Waals surface area contributed by atoms with Crippen LogP contribution in [0, 0.1) is 11.6 Å². The van der Waals surface area contributed by atoms with Crippen LogP contribution in [0.2, 0.25) is 5.02 Å². The first-order valence-electron chi connectivity index (χ1n) is 8.57. The molecule has 0 unspecified atom stereocenters. The molecule has 7 heteroatoms. The van der Waals surface area contributed by atoms with E-state index in [1.54, 1.807) is 12.4 Å². The molecule has 0 saturated heterocycles. The fourth-order valence-electron chi connectivity index (χ4n) is 3.62. The lowest BCUT2D eigenvalue weighted by Crippen LogP contribution is -1.98. The van der Waals surface area contributed by atoms with Crippen molar-refractivity contribution in [1.29, 1.82) is 0 Å². The molecule has 27 heavy (non-hydrogen) atoms. The average molecular weight is 383 g/mol. The summed E-state index contributed by atoms with van der Waals surface area (Å²) in [6.07, 6.45) is 5.04. The number of aromatic nitrogens is 4. The van der Waals surface area contributed by atoms with Crippen LogP contribution in [-0.2, 0) is 13.0 Å². The number of imidazole rings is 1. The maximum absolute atomic E-state index is 14.6. The highest BCUT2D eigenvalue weighted by molar-refractivity contribution is 6.30. The van der Waals surface area contributed by atoms with Crippen LogP contribution in [-0.4, -0.2) is 19.5 Å². The van der Waals surface area contributed by atoms with E-state index in [1.807, 2.05) is 18.2 Å². The van der Waals surface area contributed by atoms with Gasteiger partial charge in [-0.05, 0) is 30.7 Å². The van der Waals surface area contributed by atoms with Gasteiger partial charge in [-0.15, -0.1) is 0 Å². The second-order valence-corrected chi connectivity index (χ2v) is 6.89. The van der Waals surface area contributed by atoms with Gasteiger partial charge in [0.25, 0.3) is 0 Å². The quantitative estimate of drug-likeness (QED) is 0.456. The number of hydrogen-bond acceptors (Lipinski definition) is 3. The summed E-state index contributed by atoms with van der Waals surface area (Å²) in [6, 6.07) is 7.79. The molecule has 5 rings (SSSR count). The number of rotatable bonds is 2. The zero-order valence-electron chi connectivity index (χ0n) is 14.1. The largest absolute Gasteiger partial charge is 0.327 e. The van der Waals surface area contributed by atoms with Gasteiger partial charge in [-0.3, -0.25) is 9.97 Å². The van der Waals surface area contributed by atoms with E-state index < -0.39 is 11.6 Å². The summed E-state index contributed by atoms with van der Waals surface area (Å²) in [5, 5.41) is -0.245. The van der Waals surface area contributed by atoms with Crippen molar-refractivity contribution in [3.63, 3.8) is 0 Å². The van der Waals surface area contributed by atoms with E-state index in [9.17, 15) is 8.78 Å². The number of hydrogen-bond donors (Lipinski definition) is 0. The fourth-order valence-corrected chi connectivity index (χ4v) is 3.77. The number of fused-ring (bicyclic) bond motifs is 2. The van der Waals surface area contributed by atoms with Crippen LogP contribution in [0.3, 0.4) is 0 Å². The Morgan fingerprint density at radius 1 is 0.963 bits per heavy atom. The van der Waals surface area contributed by atoms with E-state index in [1.165, 1.54) is 0 Å². The van der Waals surface area contributed by atoms with Crippen molar-refractivity contribution >= 4 is 22.6 Å². The Morgan fingerprint density at radius 3 is 2.63 bits per heavy atom. The second kappa shape index (κ2) is 6.09. The first kappa shape index (κ1) is 16.3. The Kier molecular flexibility index (Phi) is 3.68. The van der Waals surface area contributed by atoms with Gasteiger partial charge in [-0.2, -0.15) is 0 Å². The van der Waals surface area contributed by atoms with Gasteiger partial charge in [0.1, 0.15) is 17.5 Å². The lowest BCUT2D eigenvalue weighted by molar-refractivity contribution is 0.603. The summed E-state index contributed by atoms with van der Waals surface area (Å²) < 4.78 is 30.7. The van der Waals surface area contributed by atoms with E-state index >= 15 is 0 Å². The molecule has 0 aliphatic carbocycles. The maximum atomic E-state index is 14.6. The van der Waals surface area contributed by atoms with Crippen molar-refractivity contribution in [3.8, 4) is 22.5 Å². The molecule has 1 aliphatic heterocycles. The van der Waals surface area contributed by atoms with Crippen LogP contribution < -0.4 is 0 Å².